The Morgan fingerprint density at radius 1 is 1.42 bits per heavy atom. The second-order valence-corrected chi connectivity index (χ2v) is 8.65. The third kappa shape index (κ3) is 1.28. The van der Waals surface area contributed by atoms with Crippen LogP contribution in [0.3, 0.4) is 0 Å². The van der Waals surface area contributed by atoms with Crippen LogP contribution in [0.15, 0.2) is 35.9 Å². The molecule has 0 radical (unpaired) electrons. The molecule has 5 heterocycles. The van der Waals surface area contributed by atoms with Crippen molar-refractivity contribution in [3.63, 3.8) is 0 Å². The van der Waals surface area contributed by atoms with Gasteiger partial charge in [0, 0.05) is 35.6 Å². The summed E-state index contributed by atoms with van der Waals surface area (Å²) < 4.78 is 5.34. The van der Waals surface area contributed by atoms with E-state index < -0.39 is 16.9 Å². The molecule has 1 aromatic rings. The van der Waals surface area contributed by atoms with Gasteiger partial charge in [0.15, 0.2) is 0 Å². The number of aliphatic hydroxyl groups is 1. The van der Waals surface area contributed by atoms with Crippen LogP contribution in [0, 0.1) is 11.3 Å². The van der Waals surface area contributed by atoms with E-state index >= 15 is 0 Å². The zero-order valence-corrected chi connectivity index (χ0v) is 15.1. The first-order valence-electron chi connectivity index (χ1n) is 9.64. The van der Waals surface area contributed by atoms with Gasteiger partial charge in [-0.05, 0) is 31.4 Å². The second kappa shape index (κ2) is 4.52. The van der Waals surface area contributed by atoms with E-state index in [2.05, 4.69) is 35.3 Å². The largest absolute Gasteiger partial charge is 0.468 e. The third-order valence-corrected chi connectivity index (χ3v) is 8.30. The zero-order chi connectivity index (χ0) is 17.8. The predicted molar refractivity (Wildman–Crippen MR) is 96.7 cm³/mol. The topological polar surface area (TPSA) is 61.8 Å². The summed E-state index contributed by atoms with van der Waals surface area (Å²) in [5.74, 6) is -0.154. The summed E-state index contributed by atoms with van der Waals surface area (Å²) in [5, 5.41) is 15.6. The maximum absolute atomic E-state index is 13.2. The van der Waals surface area contributed by atoms with Gasteiger partial charge in [-0.1, -0.05) is 29.8 Å². The number of benzene rings is 1. The Labute approximate surface area is 153 Å². The minimum absolute atomic E-state index is 0.0570. The molecule has 4 saturated heterocycles. The highest BCUT2D eigenvalue weighted by Gasteiger charge is 2.82. The summed E-state index contributed by atoms with van der Waals surface area (Å²) >= 11 is 0. The standard InChI is InChI=1S/C21H24N2O3/c1-3-11-10-23-15-8-13(11)21(19(25)26-2)16(23)9-20(18(21)24)12-6-4-5-7-14(12)22-17(15)20/h3-7,13,15-18,22,24H,8-10H2,1-2H3/t13-,15+,16?,17-,18?,20-,21?/m1/s1. The van der Waals surface area contributed by atoms with Crippen molar-refractivity contribution >= 4 is 11.7 Å². The Bertz CT molecular complexity index is 867. The summed E-state index contributed by atoms with van der Waals surface area (Å²) in [4.78, 5) is 15.7. The number of hydrogen-bond donors (Lipinski definition) is 2. The number of hydrogen-bond acceptors (Lipinski definition) is 5. The number of rotatable bonds is 1. The molecular formula is C21H24N2O3. The van der Waals surface area contributed by atoms with Crippen LogP contribution in [0.2, 0.25) is 0 Å². The van der Waals surface area contributed by atoms with Crippen molar-refractivity contribution < 1.29 is 14.6 Å². The number of allylic oxidation sites excluding steroid dienone is 1. The van der Waals surface area contributed by atoms with Crippen molar-refractivity contribution in [3.05, 3.63) is 41.5 Å². The van der Waals surface area contributed by atoms with E-state index in [1.165, 1.54) is 18.2 Å². The first-order chi connectivity index (χ1) is 12.6. The van der Waals surface area contributed by atoms with E-state index in [1.54, 1.807) is 0 Å². The van der Waals surface area contributed by atoms with Crippen LogP contribution in [0.25, 0.3) is 0 Å². The van der Waals surface area contributed by atoms with Crippen molar-refractivity contribution in [1.82, 2.24) is 4.90 Å². The molecule has 7 rings (SSSR count). The number of nitrogens with zero attached hydrogens (tertiary/aromatic N) is 1. The Balaban J connectivity index is 1.65. The minimum atomic E-state index is -0.848. The number of methoxy groups -OCH3 is 1. The number of ether oxygens (including phenoxy) is 1. The average Bonchev–Trinajstić information content (AvgIpc) is 3.13. The molecule has 4 unspecified atom stereocenters. The molecule has 5 nitrogen and oxygen atoms in total. The lowest BCUT2D eigenvalue weighted by molar-refractivity contribution is -0.179. The van der Waals surface area contributed by atoms with E-state index in [-0.39, 0.29) is 24.0 Å². The lowest BCUT2D eigenvalue weighted by Gasteiger charge is -2.60. The fourth-order valence-electron chi connectivity index (χ4n) is 7.49. The molecular weight excluding hydrogens is 328 g/mol. The number of carbonyl (C=O) groups is 1. The van der Waals surface area contributed by atoms with Crippen LogP contribution in [0.1, 0.15) is 25.3 Å². The van der Waals surface area contributed by atoms with Gasteiger partial charge in [0.2, 0.25) is 0 Å². The minimum Gasteiger partial charge on any atom is -0.468 e. The number of piperidine rings is 4. The van der Waals surface area contributed by atoms with Crippen LogP contribution < -0.4 is 5.32 Å². The van der Waals surface area contributed by atoms with Crippen LogP contribution in [-0.2, 0) is 14.9 Å². The summed E-state index contributed by atoms with van der Waals surface area (Å²) in [5.41, 5.74) is 2.34. The van der Waals surface area contributed by atoms with E-state index in [4.69, 9.17) is 4.74 Å². The highest BCUT2D eigenvalue weighted by Crippen LogP contribution is 2.71. The van der Waals surface area contributed by atoms with Gasteiger partial charge < -0.3 is 15.2 Å². The average molecular weight is 352 g/mol. The van der Waals surface area contributed by atoms with Gasteiger partial charge in [0.05, 0.1) is 19.3 Å². The van der Waals surface area contributed by atoms with Gasteiger partial charge in [0.1, 0.15) is 5.41 Å². The Morgan fingerprint density at radius 2 is 2.23 bits per heavy atom. The number of aliphatic hydroxyl groups excluding tert-OH is 1. The molecule has 0 aromatic heterocycles. The molecule has 8 atom stereocenters. The molecule has 0 amide bonds. The molecule has 26 heavy (non-hydrogen) atoms. The van der Waals surface area contributed by atoms with Gasteiger partial charge in [-0.3, -0.25) is 9.69 Å². The number of carbonyl (C=O) groups excluding carboxylic acids is 1. The van der Waals surface area contributed by atoms with Gasteiger partial charge in [-0.2, -0.15) is 0 Å². The number of para-hydroxylation sites is 1. The summed E-state index contributed by atoms with van der Waals surface area (Å²) in [6.45, 7) is 2.96. The Morgan fingerprint density at radius 3 is 3.00 bits per heavy atom. The quantitative estimate of drug-likeness (QED) is 0.595. The molecule has 1 aromatic carbocycles. The molecule has 5 aliphatic heterocycles. The first-order valence-corrected chi connectivity index (χ1v) is 9.64. The van der Waals surface area contributed by atoms with Crippen LogP contribution in [0.4, 0.5) is 5.69 Å². The smallest absolute Gasteiger partial charge is 0.316 e. The number of esters is 1. The lowest BCUT2D eigenvalue weighted by Crippen LogP contribution is -2.71. The fraction of sp³-hybridized carbons (Fsp3) is 0.571. The van der Waals surface area contributed by atoms with Crippen molar-refractivity contribution in [2.24, 2.45) is 11.3 Å². The lowest BCUT2D eigenvalue weighted by atomic mass is 9.58. The van der Waals surface area contributed by atoms with E-state index in [0.29, 0.717) is 6.04 Å². The van der Waals surface area contributed by atoms with Crippen LogP contribution in [0.5, 0.6) is 0 Å². The van der Waals surface area contributed by atoms with Gasteiger partial charge in [-0.15, -0.1) is 0 Å². The summed E-state index contributed by atoms with van der Waals surface area (Å²) in [7, 11) is 1.46. The molecule has 5 heteroatoms. The predicted octanol–water partition coefficient (Wildman–Crippen LogP) is 1.68. The highest BCUT2D eigenvalue weighted by atomic mass is 16.5. The van der Waals surface area contributed by atoms with Gasteiger partial charge in [-0.25, -0.2) is 0 Å². The number of nitrogens with one attached hydrogen (secondary N) is 1. The molecule has 5 bridgehead atoms. The SMILES string of the molecule is CC=C1CN2C3C[C@@]45c6ccccc6N[C@@H]4[C@@H]2C[C@H]1C3(C(=O)OC)C5O. The van der Waals surface area contributed by atoms with Crippen LogP contribution in [-0.4, -0.2) is 53.9 Å². The van der Waals surface area contributed by atoms with Crippen molar-refractivity contribution in [3.8, 4) is 0 Å². The molecule has 136 valence electrons. The zero-order valence-electron chi connectivity index (χ0n) is 15.1. The first kappa shape index (κ1) is 15.2. The van der Waals surface area contributed by atoms with Crippen molar-refractivity contribution in [2.75, 3.05) is 19.0 Å². The van der Waals surface area contributed by atoms with Crippen LogP contribution >= 0.6 is 0 Å². The molecule has 2 N–H and O–H groups in total. The molecule has 6 aliphatic rings. The number of anilines is 1. The van der Waals surface area contributed by atoms with Gasteiger partial charge >= 0.3 is 5.97 Å². The second-order valence-electron chi connectivity index (χ2n) is 8.65. The van der Waals surface area contributed by atoms with E-state index in [9.17, 15) is 9.90 Å². The Kier molecular flexibility index (Phi) is 2.65. The molecule has 1 saturated carbocycles. The third-order valence-electron chi connectivity index (χ3n) is 8.30. The molecule has 1 aliphatic carbocycles. The van der Waals surface area contributed by atoms with Crippen molar-refractivity contribution in [2.45, 2.75) is 49.4 Å². The Hall–Kier alpha value is -1.85. The maximum atomic E-state index is 13.2. The van der Waals surface area contributed by atoms with Gasteiger partial charge in [0.25, 0.3) is 0 Å². The van der Waals surface area contributed by atoms with E-state index in [0.717, 1.165) is 25.1 Å². The molecule has 5 fully saturated rings. The summed E-state index contributed by atoms with van der Waals surface area (Å²) in [6.07, 6.45) is 3.15. The normalized spacial score (nSPS) is 50.5. The monoisotopic (exact) mass is 352 g/mol. The molecule has 1 spiro atoms. The number of fused-ring (bicyclic) bond motifs is 2. The maximum Gasteiger partial charge on any atom is 0.316 e. The van der Waals surface area contributed by atoms with Crippen molar-refractivity contribution in [1.29, 1.82) is 0 Å². The summed E-state index contributed by atoms with van der Waals surface area (Å²) in [6, 6.07) is 8.89. The fourth-order valence-corrected chi connectivity index (χ4v) is 7.49. The van der Waals surface area contributed by atoms with E-state index in [1.807, 2.05) is 12.1 Å². The highest BCUT2D eigenvalue weighted by molar-refractivity contribution is 5.84.